The Bertz CT molecular complexity index is 1040. The lowest BCUT2D eigenvalue weighted by atomic mass is 10.1. The molecule has 1 N–H and O–H groups in total. The Morgan fingerprint density at radius 3 is 2.29 bits per heavy atom. The highest BCUT2D eigenvalue weighted by atomic mass is 16.5. The van der Waals surface area contributed by atoms with Crippen molar-refractivity contribution in [2.75, 3.05) is 27.9 Å². The van der Waals surface area contributed by atoms with Gasteiger partial charge in [0.2, 0.25) is 0 Å². The second kappa shape index (κ2) is 10.9. The average Bonchev–Trinajstić information content (AvgIpc) is 2.82. The summed E-state index contributed by atoms with van der Waals surface area (Å²) in [7, 11) is 4.82. The maximum Gasteiger partial charge on any atom is 0.255 e. The van der Waals surface area contributed by atoms with Crippen molar-refractivity contribution in [3.05, 3.63) is 89.0 Å². The quantitative estimate of drug-likeness (QED) is 0.506. The number of hydrogen-bond donors (Lipinski definition) is 1. The molecule has 0 bridgehead atoms. The Kier molecular flexibility index (Phi) is 7.71. The Labute approximate surface area is 183 Å². The van der Waals surface area contributed by atoms with E-state index in [9.17, 15) is 4.79 Å². The van der Waals surface area contributed by atoms with E-state index in [1.165, 1.54) is 5.56 Å². The van der Waals surface area contributed by atoms with Crippen LogP contribution in [0.2, 0.25) is 0 Å². The molecule has 0 atom stereocenters. The van der Waals surface area contributed by atoms with Crippen LogP contribution in [0.5, 0.6) is 17.2 Å². The molecule has 5 heteroatoms. The van der Waals surface area contributed by atoms with E-state index in [1.807, 2.05) is 72.8 Å². The van der Waals surface area contributed by atoms with Crippen molar-refractivity contribution >= 4 is 18.1 Å². The molecule has 3 aromatic carbocycles. The number of hydrogen-bond acceptors (Lipinski definition) is 4. The molecular weight excluding hydrogens is 390 g/mol. The lowest BCUT2D eigenvalue weighted by Crippen LogP contribution is -2.26. The average molecular weight is 418 g/mol. The third-order valence-corrected chi connectivity index (χ3v) is 4.90. The molecule has 0 aromatic heterocycles. The normalized spacial score (nSPS) is 10.7. The predicted octanol–water partition coefficient (Wildman–Crippen LogP) is 4.86. The minimum absolute atomic E-state index is 0.165. The first-order valence-corrected chi connectivity index (χ1v) is 10.0. The van der Waals surface area contributed by atoms with E-state index in [-0.39, 0.29) is 5.91 Å². The lowest BCUT2D eigenvalue weighted by molar-refractivity contribution is 0.0951. The van der Waals surface area contributed by atoms with E-state index in [4.69, 9.17) is 14.2 Å². The summed E-state index contributed by atoms with van der Waals surface area (Å²) in [6, 6.07) is 21.2. The van der Waals surface area contributed by atoms with Gasteiger partial charge in [-0.1, -0.05) is 48.6 Å². The summed E-state index contributed by atoms with van der Waals surface area (Å²) in [6.07, 6.45) is 4.63. The first-order valence-electron chi connectivity index (χ1n) is 10.0. The summed E-state index contributed by atoms with van der Waals surface area (Å²) in [5.74, 6) is 1.86. The molecule has 1 amide bonds. The second-order valence-electron chi connectivity index (χ2n) is 6.89. The molecular formula is C26H27NO4. The van der Waals surface area contributed by atoms with Gasteiger partial charge in [0.05, 0.1) is 26.9 Å². The molecule has 3 rings (SSSR count). The first-order chi connectivity index (χ1) is 15.1. The van der Waals surface area contributed by atoms with Crippen LogP contribution in [0.15, 0.2) is 66.7 Å². The maximum atomic E-state index is 12.8. The predicted molar refractivity (Wildman–Crippen MR) is 124 cm³/mol. The van der Waals surface area contributed by atoms with Crippen molar-refractivity contribution in [3.63, 3.8) is 0 Å². The summed E-state index contributed by atoms with van der Waals surface area (Å²) in [6.45, 7) is 0.549. The molecule has 0 spiro atoms. The number of ether oxygens (including phenoxy) is 3. The number of rotatable bonds is 9. The molecule has 0 aliphatic heterocycles. The van der Waals surface area contributed by atoms with Crippen LogP contribution in [0.3, 0.4) is 0 Å². The monoisotopic (exact) mass is 417 g/mol. The minimum atomic E-state index is -0.165. The third-order valence-electron chi connectivity index (χ3n) is 4.90. The summed E-state index contributed by atoms with van der Waals surface area (Å²) < 4.78 is 16.1. The van der Waals surface area contributed by atoms with Gasteiger partial charge >= 0.3 is 0 Å². The summed E-state index contributed by atoms with van der Waals surface area (Å²) in [5, 5.41) is 2.98. The number of nitrogens with one attached hydrogen (secondary N) is 1. The molecule has 0 aliphatic carbocycles. The number of carbonyl (C=O) groups is 1. The largest absolute Gasteiger partial charge is 0.497 e. The van der Waals surface area contributed by atoms with Crippen LogP contribution in [0.1, 0.15) is 27.0 Å². The standard InChI is InChI=1S/C26H27NO4/c1-29-22-12-14-24(30-2)21(18-22)11-9-20-10-13-25(31-3)23(17-20)26(28)27-16-15-19-7-5-4-6-8-19/h4-14,17-18H,15-16H2,1-3H3,(H,27,28)/b11-9-. The molecule has 31 heavy (non-hydrogen) atoms. The van der Waals surface area contributed by atoms with E-state index >= 15 is 0 Å². The molecule has 160 valence electrons. The highest BCUT2D eigenvalue weighted by molar-refractivity contribution is 5.97. The Balaban J connectivity index is 1.75. The van der Waals surface area contributed by atoms with Gasteiger partial charge in [-0.25, -0.2) is 0 Å². The first kappa shape index (κ1) is 22.0. The fourth-order valence-corrected chi connectivity index (χ4v) is 3.22. The van der Waals surface area contributed by atoms with Crippen LogP contribution in [0, 0.1) is 0 Å². The van der Waals surface area contributed by atoms with Crippen molar-refractivity contribution in [1.29, 1.82) is 0 Å². The molecule has 0 radical (unpaired) electrons. The van der Waals surface area contributed by atoms with Crippen LogP contribution in [0.25, 0.3) is 12.2 Å². The Hall–Kier alpha value is -3.73. The zero-order valence-corrected chi connectivity index (χ0v) is 18.1. The fourth-order valence-electron chi connectivity index (χ4n) is 3.22. The summed E-state index contributed by atoms with van der Waals surface area (Å²) in [4.78, 5) is 12.8. The topological polar surface area (TPSA) is 56.8 Å². The van der Waals surface area contributed by atoms with Crippen LogP contribution in [-0.2, 0) is 6.42 Å². The third kappa shape index (κ3) is 5.89. The molecule has 0 saturated heterocycles. The van der Waals surface area contributed by atoms with Crippen LogP contribution in [-0.4, -0.2) is 33.8 Å². The van der Waals surface area contributed by atoms with Gasteiger partial charge in [0.15, 0.2) is 0 Å². The molecule has 5 nitrogen and oxygen atoms in total. The van der Waals surface area contributed by atoms with Gasteiger partial charge in [0.25, 0.3) is 5.91 Å². The highest BCUT2D eigenvalue weighted by Crippen LogP contribution is 2.27. The zero-order chi connectivity index (χ0) is 22.1. The van der Waals surface area contributed by atoms with E-state index < -0.39 is 0 Å². The van der Waals surface area contributed by atoms with Gasteiger partial charge in [0.1, 0.15) is 17.2 Å². The molecule has 3 aromatic rings. The van der Waals surface area contributed by atoms with Crippen LogP contribution < -0.4 is 19.5 Å². The van der Waals surface area contributed by atoms with Gasteiger partial charge in [-0.05, 0) is 47.9 Å². The van der Waals surface area contributed by atoms with Gasteiger partial charge < -0.3 is 19.5 Å². The molecule has 0 aliphatic rings. The van der Waals surface area contributed by atoms with Gasteiger partial charge in [-0.3, -0.25) is 4.79 Å². The SMILES string of the molecule is COc1ccc(OC)c(/C=C\c2ccc(OC)c(C(=O)NCCc3ccccc3)c2)c1. The van der Waals surface area contributed by atoms with E-state index in [0.717, 1.165) is 29.0 Å². The molecule has 0 unspecified atom stereocenters. The van der Waals surface area contributed by atoms with Crippen molar-refractivity contribution in [1.82, 2.24) is 5.32 Å². The number of carbonyl (C=O) groups excluding carboxylic acids is 1. The zero-order valence-electron chi connectivity index (χ0n) is 18.1. The van der Waals surface area contributed by atoms with E-state index in [1.54, 1.807) is 27.4 Å². The summed E-state index contributed by atoms with van der Waals surface area (Å²) >= 11 is 0. The van der Waals surface area contributed by atoms with Gasteiger partial charge in [-0.15, -0.1) is 0 Å². The van der Waals surface area contributed by atoms with Gasteiger partial charge in [-0.2, -0.15) is 0 Å². The smallest absolute Gasteiger partial charge is 0.255 e. The molecule has 0 saturated carbocycles. The minimum Gasteiger partial charge on any atom is -0.497 e. The Morgan fingerprint density at radius 2 is 1.58 bits per heavy atom. The molecule has 0 heterocycles. The molecule has 0 fully saturated rings. The van der Waals surface area contributed by atoms with E-state index in [2.05, 4.69) is 5.32 Å². The van der Waals surface area contributed by atoms with Crippen LogP contribution in [0.4, 0.5) is 0 Å². The van der Waals surface area contributed by atoms with Gasteiger partial charge in [0, 0.05) is 12.1 Å². The fraction of sp³-hybridized carbons (Fsp3) is 0.192. The van der Waals surface area contributed by atoms with E-state index in [0.29, 0.717) is 17.9 Å². The summed E-state index contributed by atoms with van der Waals surface area (Å²) in [5.41, 5.74) is 3.43. The van der Waals surface area contributed by atoms with Crippen molar-refractivity contribution in [2.24, 2.45) is 0 Å². The maximum absolute atomic E-state index is 12.8. The van der Waals surface area contributed by atoms with Crippen molar-refractivity contribution in [2.45, 2.75) is 6.42 Å². The van der Waals surface area contributed by atoms with Crippen molar-refractivity contribution < 1.29 is 19.0 Å². The Morgan fingerprint density at radius 1 is 0.839 bits per heavy atom. The number of amides is 1. The van der Waals surface area contributed by atoms with Crippen molar-refractivity contribution in [3.8, 4) is 17.2 Å². The lowest BCUT2D eigenvalue weighted by Gasteiger charge is -2.11. The second-order valence-corrected chi connectivity index (χ2v) is 6.89. The number of methoxy groups -OCH3 is 3. The van der Waals surface area contributed by atoms with Crippen LogP contribution >= 0.6 is 0 Å². The highest BCUT2D eigenvalue weighted by Gasteiger charge is 2.12. The number of benzene rings is 3.